The zero-order valence-corrected chi connectivity index (χ0v) is 14.4. The molecule has 7 heteroatoms. The molecule has 1 aliphatic rings. The highest BCUT2D eigenvalue weighted by Gasteiger charge is 2.13. The fraction of sp³-hybridized carbons (Fsp3) is 0.471. The summed E-state index contributed by atoms with van der Waals surface area (Å²) in [5, 5.41) is 13.9. The Kier molecular flexibility index (Phi) is 6.26. The molecule has 6 nitrogen and oxygen atoms in total. The molecule has 0 radical (unpaired) electrons. The maximum absolute atomic E-state index is 12.2. The van der Waals surface area contributed by atoms with Gasteiger partial charge in [0.05, 0.1) is 0 Å². The first-order valence-corrected chi connectivity index (χ1v) is 9.36. The molecule has 0 aliphatic carbocycles. The molecule has 24 heavy (non-hydrogen) atoms. The second-order valence-electron chi connectivity index (χ2n) is 6.03. The van der Waals surface area contributed by atoms with Gasteiger partial charge < -0.3 is 10.6 Å². The summed E-state index contributed by atoms with van der Waals surface area (Å²) in [4.78, 5) is 16.3. The lowest BCUT2D eigenvalue weighted by atomic mass is 9.96. The minimum atomic E-state index is 0.00760. The zero-order valence-electron chi connectivity index (χ0n) is 13.6. The lowest BCUT2D eigenvalue weighted by molar-refractivity contribution is 0.0950. The van der Waals surface area contributed by atoms with E-state index in [1.165, 1.54) is 19.2 Å². The Bertz CT molecular complexity index is 623. The summed E-state index contributed by atoms with van der Waals surface area (Å²) in [5.74, 6) is 1.49. The summed E-state index contributed by atoms with van der Waals surface area (Å²) in [6.45, 7) is 2.95. The summed E-state index contributed by atoms with van der Waals surface area (Å²) in [5.41, 5.74) is 1.87. The molecule has 1 amide bonds. The SMILES string of the molecule is O=C(NCCC1CCCNC1)c1ccc(CSc2ncn[nH]2)cc1. The highest BCUT2D eigenvalue weighted by Crippen LogP contribution is 2.18. The third-order valence-electron chi connectivity index (χ3n) is 4.22. The van der Waals surface area contributed by atoms with Crippen LogP contribution in [0.1, 0.15) is 35.2 Å². The predicted molar refractivity (Wildman–Crippen MR) is 94.9 cm³/mol. The van der Waals surface area contributed by atoms with Crippen molar-refractivity contribution < 1.29 is 4.79 Å². The Morgan fingerprint density at radius 3 is 2.92 bits per heavy atom. The first-order valence-electron chi connectivity index (χ1n) is 8.37. The Morgan fingerprint density at radius 2 is 2.21 bits per heavy atom. The standard InChI is InChI=1S/C17H23N5OS/c23-16(19-9-7-13-2-1-8-18-10-13)15-5-3-14(4-6-15)11-24-17-20-12-21-22-17/h3-6,12-13,18H,1-2,7-11H2,(H,19,23)(H,20,21,22). The number of thioether (sulfide) groups is 1. The van der Waals surface area contributed by atoms with E-state index in [0.29, 0.717) is 11.5 Å². The number of carbonyl (C=O) groups excluding carboxylic acids is 1. The van der Waals surface area contributed by atoms with Crippen molar-refractivity contribution >= 4 is 17.7 Å². The number of carbonyl (C=O) groups is 1. The van der Waals surface area contributed by atoms with E-state index in [1.54, 1.807) is 11.8 Å². The molecule has 1 aliphatic heterocycles. The minimum Gasteiger partial charge on any atom is -0.352 e. The Labute approximate surface area is 146 Å². The third-order valence-corrected chi connectivity index (χ3v) is 5.17. The molecule has 128 valence electrons. The quantitative estimate of drug-likeness (QED) is 0.670. The predicted octanol–water partition coefficient (Wildman–Crippen LogP) is 2.22. The Hall–Kier alpha value is -1.86. The van der Waals surface area contributed by atoms with Gasteiger partial charge in [-0.3, -0.25) is 9.89 Å². The molecule has 1 aromatic carbocycles. The number of rotatable bonds is 7. The molecule has 2 aromatic rings. The van der Waals surface area contributed by atoms with Crippen molar-refractivity contribution in [3.63, 3.8) is 0 Å². The van der Waals surface area contributed by atoms with Crippen molar-refractivity contribution in [2.75, 3.05) is 19.6 Å². The van der Waals surface area contributed by atoms with Crippen LogP contribution in [-0.4, -0.2) is 40.7 Å². The Morgan fingerprint density at radius 1 is 1.33 bits per heavy atom. The van der Waals surface area contributed by atoms with E-state index in [2.05, 4.69) is 25.8 Å². The normalized spacial score (nSPS) is 17.6. The summed E-state index contributed by atoms with van der Waals surface area (Å²) >= 11 is 1.59. The van der Waals surface area contributed by atoms with Crippen molar-refractivity contribution in [1.29, 1.82) is 0 Å². The second kappa shape index (κ2) is 8.84. The lowest BCUT2D eigenvalue weighted by Gasteiger charge is -2.22. The van der Waals surface area contributed by atoms with Crippen LogP contribution in [0, 0.1) is 5.92 Å². The number of amides is 1. The van der Waals surface area contributed by atoms with Gasteiger partial charge in [-0.1, -0.05) is 23.9 Å². The molecule has 2 heterocycles. The molecule has 0 bridgehead atoms. The number of piperidine rings is 1. The van der Waals surface area contributed by atoms with Crippen LogP contribution in [0.4, 0.5) is 0 Å². The van der Waals surface area contributed by atoms with E-state index in [0.717, 1.165) is 42.5 Å². The van der Waals surface area contributed by atoms with Gasteiger partial charge in [0.25, 0.3) is 5.91 Å². The number of aromatic nitrogens is 3. The third kappa shape index (κ3) is 5.07. The summed E-state index contributed by atoms with van der Waals surface area (Å²) < 4.78 is 0. The molecular weight excluding hydrogens is 322 g/mol. The van der Waals surface area contributed by atoms with Gasteiger partial charge in [-0.25, -0.2) is 4.98 Å². The van der Waals surface area contributed by atoms with Crippen LogP contribution in [0.3, 0.4) is 0 Å². The van der Waals surface area contributed by atoms with Crippen molar-refractivity contribution in [3.8, 4) is 0 Å². The van der Waals surface area contributed by atoms with Crippen molar-refractivity contribution in [3.05, 3.63) is 41.7 Å². The van der Waals surface area contributed by atoms with Crippen LogP contribution >= 0.6 is 11.8 Å². The molecule has 0 spiro atoms. The van der Waals surface area contributed by atoms with Crippen LogP contribution in [-0.2, 0) is 5.75 Å². The van der Waals surface area contributed by atoms with Gasteiger partial charge in [0.2, 0.25) is 0 Å². The maximum atomic E-state index is 12.2. The first-order chi connectivity index (χ1) is 11.8. The number of hydrogen-bond acceptors (Lipinski definition) is 5. The summed E-state index contributed by atoms with van der Waals surface area (Å²) in [6.07, 6.45) is 5.05. The van der Waals surface area contributed by atoms with E-state index in [4.69, 9.17) is 0 Å². The van der Waals surface area contributed by atoms with E-state index in [1.807, 2.05) is 24.3 Å². The largest absolute Gasteiger partial charge is 0.352 e. The molecule has 0 saturated carbocycles. The summed E-state index contributed by atoms with van der Waals surface area (Å²) in [7, 11) is 0. The molecule has 1 saturated heterocycles. The van der Waals surface area contributed by atoms with Gasteiger partial charge in [0, 0.05) is 17.9 Å². The molecule has 1 unspecified atom stereocenters. The fourth-order valence-corrected chi connectivity index (χ4v) is 3.56. The zero-order chi connectivity index (χ0) is 16.6. The number of hydrogen-bond donors (Lipinski definition) is 3. The molecule has 3 rings (SSSR count). The van der Waals surface area contributed by atoms with Crippen LogP contribution < -0.4 is 10.6 Å². The molecule has 3 N–H and O–H groups in total. The van der Waals surface area contributed by atoms with Gasteiger partial charge in [-0.15, -0.1) is 0 Å². The van der Waals surface area contributed by atoms with Crippen molar-refractivity contribution in [2.24, 2.45) is 5.92 Å². The Balaban J connectivity index is 1.41. The average Bonchev–Trinajstić information content (AvgIpc) is 3.15. The van der Waals surface area contributed by atoms with Gasteiger partial charge in [0.15, 0.2) is 5.16 Å². The number of nitrogens with one attached hydrogen (secondary N) is 3. The molecule has 1 aromatic heterocycles. The molecular formula is C17H23N5OS. The number of nitrogens with zero attached hydrogens (tertiary/aromatic N) is 2. The van der Waals surface area contributed by atoms with Gasteiger partial charge in [-0.2, -0.15) is 5.10 Å². The highest BCUT2D eigenvalue weighted by atomic mass is 32.2. The smallest absolute Gasteiger partial charge is 0.251 e. The first kappa shape index (κ1) is 17.0. The number of aromatic amines is 1. The highest BCUT2D eigenvalue weighted by molar-refractivity contribution is 7.98. The van der Waals surface area contributed by atoms with Crippen LogP contribution in [0.15, 0.2) is 35.7 Å². The fourth-order valence-electron chi connectivity index (χ4n) is 2.83. The van der Waals surface area contributed by atoms with E-state index >= 15 is 0 Å². The van der Waals surface area contributed by atoms with Crippen LogP contribution in [0.25, 0.3) is 0 Å². The van der Waals surface area contributed by atoms with Crippen LogP contribution in [0.5, 0.6) is 0 Å². The van der Waals surface area contributed by atoms with E-state index < -0.39 is 0 Å². The van der Waals surface area contributed by atoms with Gasteiger partial charge >= 0.3 is 0 Å². The minimum absolute atomic E-state index is 0.00760. The maximum Gasteiger partial charge on any atom is 0.251 e. The van der Waals surface area contributed by atoms with Crippen molar-refractivity contribution in [2.45, 2.75) is 30.2 Å². The van der Waals surface area contributed by atoms with E-state index in [9.17, 15) is 4.79 Å². The monoisotopic (exact) mass is 345 g/mol. The van der Waals surface area contributed by atoms with Crippen LogP contribution in [0.2, 0.25) is 0 Å². The van der Waals surface area contributed by atoms with Crippen molar-refractivity contribution in [1.82, 2.24) is 25.8 Å². The van der Waals surface area contributed by atoms with Gasteiger partial charge in [0.1, 0.15) is 6.33 Å². The second-order valence-corrected chi connectivity index (χ2v) is 7.00. The number of H-pyrrole nitrogens is 1. The lowest BCUT2D eigenvalue weighted by Crippen LogP contribution is -2.33. The molecule has 1 atom stereocenters. The van der Waals surface area contributed by atoms with Gasteiger partial charge in [-0.05, 0) is 56.0 Å². The average molecular weight is 345 g/mol. The summed E-state index contributed by atoms with van der Waals surface area (Å²) in [6, 6.07) is 7.74. The number of benzene rings is 1. The van der Waals surface area contributed by atoms with E-state index in [-0.39, 0.29) is 5.91 Å². The topological polar surface area (TPSA) is 82.7 Å². The molecule has 1 fully saturated rings.